The maximum Gasteiger partial charge on any atom is 0.251 e. The third kappa shape index (κ3) is 4.41. The highest BCUT2D eigenvalue weighted by Crippen LogP contribution is 2.15. The van der Waals surface area contributed by atoms with Crippen LogP contribution in [-0.4, -0.2) is 12.5 Å². The number of hydrogen-bond donors (Lipinski definition) is 1. The molecule has 0 heterocycles. The molecule has 0 unspecified atom stereocenters. The zero-order valence-electron chi connectivity index (χ0n) is 9.17. The lowest BCUT2D eigenvalue weighted by molar-refractivity contribution is 0.0953. The highest BCUT2D eigenvalue weighted by atomic mass is 35.5. The third-order valence-corrected chi connectivity index (χ3v) is 2.47. The van der Waals surface area contributed by atoms with Crippen LogP contribution in [0.15, 0.2) is 18.2 Å². The minimum Gasteiger partial charge on any atom is -0.352 e. The Balaban J connectivity index is 2.42. The number of halogens is 2. The molecule has 0 aliphatic rings. The summed E-state index contributed by atoms with van der Waals surface area (Å²) < 4.78 is 12.9. The normalized spacial score (nSPS) is 9.71. The molecule has 3 nitrogen and oxygen atoms in total. The molecule has 0 fully saturated rings. The fraction of sp³-hybridized carbons (Fsp3) is 0.333. The second-order valence-electron chi connectivity index (χ2n) is 3.50. The topological polar surface area (TPSA) is 52.9 Å². The molecule has 0 atom stereocenters. The first-order chi connectivity index (χ1) is 8.15. The fourth-order valence-electron chi connectivity index (χ4n) is 1.27. The smallest absolute Gasteiger partial charge is 0.251 e. The predicted molar refractivity (Wildman–Crippen MR) is 63.2 cm³/mol. The molecule has 1 rings (SSSR count). The number of amides is 1. The number of benzene rings is 1. The Kier molecular flexibility index (Phi) is 5.44. The molecule has 1 aromatic rings. The van der Waals surface area contributed by atoms with Gasteiger partial charge in [-0.3, -0.25) is 4.79 Å². The zero-order valence-corrected chi connectivity index (χ0v) is 9.93. The Labute approximate surface area is 104 Å². The van der Waals surface area contributed by atoms with E-state index in [0.717, 1.165) is 18.9 Å². The van der Waals surface area contributed by atoms with E-state index in [1.807, 2.05) is 6.07 Å². The monoisotopic (exact) mass is 254 g/mol. The Morgan fingerprint density at radius 2 is 2.24 bits per heavy atom. The molecule has 0 bridgehead atoms. The van der Waals surface area contributed by atoms with Gasteiger partial charge in [-0.15, -0.1) is 0 Å². The molecule has 0 radical (unpaired) electrons. The summed E-state index contributed by atoms with van der Waals surface area (Å²) in [7, 11) is 0. The zero-order chi connectivity index (χ0) is 12.7. The van der Waals surface area contributed by atoms with Crippen molar-refractivity contribution >= 4 is 17.5 Å². The summed E-state index contributed by atoms with van der Waals surface area (Å²) in [5, 5.41) is 10.9. The summed E-state index contributed by atoms with van der Waals surface area (Å²) >= 11 is 5.57. The molecule has 0 saturated carbocycles. The van der Waals surface area contributed by atoms with Crippen LogP contribution in [0, 0.1) is 17.1 Å². The van der Waals surface area contributed by atoms with Crippen LogP contribution in [0.4, 0.5) is 4.39 Å². The Morgan fingerprint density at radius 3 is 2.88 bits per heavy atom. The van der Waals surface area contributed by atoms with Gasteiger partial charge in [0.25, 0.3) is 5.91 Å². The van der Waals surface area contributed by atoms with Gasteiger partial charge < -0.3 is 5.32 Å². The number of unbranched alkanes of at least 4 members (excludes halogenated alkanes) is 2. The lowest BCUT2D eigenvalue weighted by Gasteiger charge is -2.05. The van der Waals surface area contributed by atoms with E-state index in [4.69, 9.17) is 16.9 Å². The third-order valence-electron chi connectivity index (χ3n) is 2.18. The maximum atomic E-state index is 12.9. The van der Waals surface area contributed by atoms with Crippen LogP contribution in [0.3, 0.4) is 0 Å². The minimum absolute atomic E-state index is 0.0675. The molecule has 0 aliphatic heterocycles. The first-order valence-electron chi connectivity index (χ1n) is 5.25. The first kappa shape index (κ1) is 13.5. The molecule has 90 valence electrons. The van der Waals surface area contributed by atoms with Gasteiger partial charge in [-0.05, 0) is 31.0 Å². The van der Waals surface area contributed by atoms with E-state index in [0.29, 0.717) is 18.5 Å². The highest BCUT2D eigenvalue weighted by molar-refractivity contribution is 6.31. The quantitative estimate of drug-likeness (QED) is 0.822. The van der Waals surface area contributed by atoms with E-state index >= 15 is 0 Å². The van der Waals surface area contributed by atoms with Crippen molar-refractivity contribution in [2.24, 2.45) is 0 Å². The molecule has 1 amide bonds. The van der Waals surface area contributed by atoms with Gasteiger partial charge in [0, 0.05) is 18.5 Å². The largest absolute Gasteiger partial charge is 0.352 e. The summed E-state index contributed by atoms with van der Waals surface area (Å²) in [6.45, 7) is 0.496. The lowest BCUT2D eigenvalue weighted by Crippen LogP contribution is -2.24. The highest BCUT2D eigenvalue weighted by Gasteiger charge is 2.07. The van der Waals surface area contributed by atoms with Crippen LogP contribution in [0.5, 0.6) is 0 Å². The van der Waals surface area contributed by atoms with Gasteiger partial charge in [-0.1, -0.05) is 11.6 Å². The average Bonchev–Trinajstić information content (AvgIpc) is 2.32. The molecular weight excluding hydrogens is 243 g/mol. The molecule has 0 aromatic heterocycles. The SMILES string of the molecule is N#CCCCCNC(=O)c1ccc(F)c(Cl)c1. The van der Waals surface area contributed by atoms with E-state index in [1.165, 1.54) is 12.1 Å². The van der Waals surface area contributed by atoms with E-state index in [2.05, 4.69) is 5.32 Å². The molecule has 0 aliphatic carbocycles. The second kappa shape index (κ2) is 6.87. The van der Waals surface area contributed by atoms with Crippen LogP contribution in [-0.2, 0) is 0 Å². The van der Waals surface area contributed by atoms with Crippen molar-refractivity contribution in [3.8, 4) is 6.07 Å². The lowest BCUT2D eigenvalue weighted by atomic mass is 10.2. The van der Waals surface area contributed by atoms with Gasteiger partial charge in [0.2, 0.25) is 0 Å². The molecule has 17 heavy (non-hydrogen) atoms. The van der Waals surface area contributed by atoms with Crippen molar-refractivity contribution in [1.29, 1.82) is 5.26 Å². The summed E-state index contributed by atoms with van der Waals surface area (Å²) in [4.78, 5) is 11.6. The van der Waals surface area contributed by atoms with Crippen molar-refractivity contribution in [1.82, 2.24) is 5.32 Å². The number of carbonyl (C=O) groups is 1. The fourth-order valence-corrected chi connectivity index (χ4v) is 1.45. The molecular formula is C12H12ClFN2O. The van der Waals surface area contributed by atoms with Crippen molar-refractivity contribution < 1.29 is 9.18 Å². The minimum atomic E-state index is -0.544. The van der Waals surface area contributed by atoms with Crippen LogP contribution >= 0.6 is 11.6 Å². The van der Waals surface area contributed by atoms with Gasteiger partial charge in [0.1, 0.15) is 5.82 Å². The molecule has 1 N–H and O–H groups in total. The maximum absolute atomic E-state index is 12.9. The van der Waals surface area contributed by atoms with Crippen molar-refractivity contribution in [3.63, 3.8) is 0 Å². The van der Waals surface area contributed by atoms with Crippen LogP contribution in [0.25, 0.3) is 0 Å². The Morgan fingerprint density at radius 1 is 1.47 bits per heavy atom. The van der Waals surface area contributed by atoms with Crippen molar-refractivity contribution in [2.75, 3.05) is 6.54 Å². The number of nitrogens with zero attached hydrogens (tertiary/aromatic N) is 1. The molecule has 0 saturated heterocycles. The van der Waals surface area contributed by atoms with E-state index in [1.54, 1.807) is 0 Å². The second-order valence-corrected chi connectivity index (χ2v) is 3.91. The number of nitrogens with one attached hydrogen (secondary N) is 1. The van der Waals surface area contributed by atoms with Gasteiger partial charge in [-0.25, -0.2) is 4.39 Å². The van der Waals surface area contributed by atoms with E-state index in [-0.39, 0.29) is 10.9 Å². The summed E-state index contributed by atoms with van der Waals surface area (Å²) in [6, 6.07) is 5.86. The van der Waals surface area contributed by atoms with Crippen molar-refractivity contribution in [2.45, 2.75) is 19.3 Å². The predicted octanol–water partition coefficient (Wildman–Crippen LogP) is 2.90. The van der Waals surface area contributed by atoms with Crippen molar-refractivity contribution in [3.05, 3.63) is 34.6 Å². The van der Waals surface area contributed by atoms with E-state index in [9.17, 15) is 9.18 Å². The van der Waals surface area contributed by atoms with E-state index < -0.39 is 5.82 Å². The number of carbonyl (C=O) groups excluding carboxylic acids is 1. The van der Waals surface area contributed by atoms with Gasteiger partial charge in [-0.2, -0.15) is 5.26 Å². The van der Waals surface area contributed by atoms with Gasteiger partial charge in [0.15, 0.2) is 0 Å². The molecule has 5 heteroatoms. The van der Waals surface area contributed by atoms with Crippen LogP contribution in [0.1, 0.15) is 29.6 Å². The summed E-state index contributed by atoms with van der Waals surface area (Å²) in [5.74, 6) is -0.832. The average molecular weight is 255 g/mol. The van der Waals surface area contributed by atoms with Crippen LogP contribution in [0.2, 0.25) is 5.02 Å². The molecule has 1 aromatic carbocycles. The Bertz CT molecular complexity index is 443. The Hall–Kier alpha value is -1.60. The van der Waals surface area contributed by atoms with Gasteiger partial charge >= 0.3 is 0 Å². The van der Waals surface area contributed by atoms with Crippen LogP contribution < -0.4 is 5.32 Å². The number of hydrogen-bond acceptors (Lipinski definition) is 2. The first-order valence-corrected chi connectivity index (χ1v) is 5.63. The standard InChI is InChI=1S/C12H12ClFN2O/c13-10-8-9(4-5-11(10)14)12(17)16-7-3-1-2-6-15/h4-5,8H,1-3,7H2,(H,16,17). The molecule has 0 spiro atoms. The summed E-state index contributed by atoms with van der Waals surface area (Å²) in [6.07, 6.45) is 1.98. The number of nitriles is 1. The summed E-state index contributed by atoms with van der Waals surface area (Å²) in [5.41, 5.74) is 0.330. The number of rotatable bonds is 5. The van der Waals surface area contributed by atoms with Gasteiger partial charge in [0.05, 0.1) is 11.1 Å².